The Balaban J connectivity index is 1.48. The first-order valence-corrected chi connectivity index (χ1v) is 16.8. The van der Waals surface area contributed by atoms with Gasteiger partial charge in [0.1, 0.15) is 36.1 Å². The second-order valence-corrected chi connectivity index (χ2v) is 13.5. The summed E-state index contributed by atoms with van der Waals surface area (Å²) < 4.78 is 10.9. The Morgan fingerprint density at radius 3 is 2.02 bits per heavy atom. The van der Waals surface area contributed by atoms with Crippen LogP contribution in [0.3, 0.4) is 0 Å². The Bertz CT molecular complexity index is 2100. The molecule has 282 valence electrons. The van der Waals surface area contributed by atoms with Crippen molar-refractivity contribution in [2.24, 2.45) is 17.6 Å². The molecule has 3 amide bonds. The Labute approximate surface area is 308 Å². The van der Waals surface area contributed by atoms with Gasteiger partial charge in [-0.2, -0.15) is 5.01 Å². The van der Waals surface area contributed by atoms with Crippen LogP contribution in [0.1, 0.15) is 35.1 Å². The fraction of sp³-hybridized carbons (Fsp3) is 0.289. The van der Waals surface area contributed by atoms with Crippen molar-refractivity contribution >= 4 is 41.1 Å². The minimum atomic E-state index is -3.12. The highest BCUT2D eigenvalue weighted by Gasteiger charge is 2.68. The van der Waals surface area contributed by atoms with E-state index in [0.29, 0.717) is 16.1 Å². The van der Waals surface area contributed by atoms with Crippen molar-refractivity contribution in [1.82, 2.24) is 10.3 Å². The van der Waals surface area contributed by atoms with E-state index in [1.807, 2.05) is 0 Å². The maximum Gasteiger partial charge on any atom is 0.433 e. The number of nitrogens with zero attached hydrogens (tertiary/aromatic N) is 2. The number of benzene rings is 3. The van der Waals surface area contributed by atoms with Crippen molar-refractivity contribution < 1.29 is 59.0 Å². The molecule has 0 bridgehead atoms. The number of fused-ring (bicyclic) bond motifs is 3. The largest absolute Gasteiger partial charge is 0.508 e. The number of phenols is 1. The molecular formula is C38H38N4O12. The molecule has 0 unspecified atom stereocenters. The van der Waals surface area contributed by atoms with E-state index in [1.54, 1.807) is 60.7 Å². The first kappa shape index (κ1) is 37.5. The molecule has 3 aliphatic carbocycles. The summed E-state index contributed by atoms with van der Waals surface area (Å²) in [7, 11) is 2.78. The summed E-state index contributed by atoms with van der Waals surface area (Å²) in [5.74, 6) is -11.2. The van der Waals surface area contributed by atoms with E-state index in [2.05, 4.69) is 5.43 Å². The van der Waals surface area contributed by atoms with Crippen LogP contribution in [-0.4, -0.2) is 91.9 Å². The molecule has 16 heteroatoms. The normalized spacial score (nSPS) is 24.7. The summed E-state index contributed by atoms with van der Waals surface area (Å²) in [5.41, 5.74) is 3.55. The number of hydrogen-bond donors (Lipinski definition) is 7. The first-order chi connectivity index (χ1) is 25.6. The number of nitrogens with two attached hydrogens (primary N) is 1. The highest BCUT2D eigenvalue weighted by molar-refractivity contribution is 6.24. The van der Waals surface area contributed by atoms with Crippen molar-refractivity contribution in [2.45, 2.75) is 43.8 Å². The Morgan fingerprint density at radius 2 is 1.46 bits per heavy atom. The van der Waals surface area contributed by atoms with Crippen LogP contribution in [0.5, 0.6) is 5.75 Å². The highest BCUT2D eigenvalue weighted by Crippen LogP contribution is 2.57. The zero-order valence-electron chi connectivity index (χ0n) is 29.3. The number of carbonyl (C=O) groups excluding carboxylic acids is 5. The van der Waals surface area contributed by atoms with Crippen LogP contribution in [0.25, 0.3) is 5.76 Å². The Morgan fingerprint density at radius 1 is 0.889 bits per heavy atom. The van der Waals surface area contributed by atoms with Gasteiger partial charge in [-0.1, -0.05) is 67.6 Å². The predicted octanol–water partition coefficient (Wildman–Crippen LogP) is 2.48. The number of hydrazine groups is 1. The molecule has 16 nitrogen and oxygen atoms in total. The lowest BCUT2D eigenvalue weighted by molar-refractivity contribution is -0.169. The van der Waals surface area contributed by atoms with Crippen LogP contribution < -0.4 is 16.2 Å². The number of phenolic OH excluding ortho intramolecular Hbond substituents is 1. The number of hydrogen-bond acceptors (Lipinski definition) is 13. The fourth-order valence-electron chi connectivity index (χ4n) is 7.70. The second-order valence-electron chi connectivity index (χ2n) is 13.5. The van der Waals surface area contributed by atoms with Gasteiger partial charge in [0.25, 0.3) is 5.91 Å². The molecule has 8 N–H and O–H groups in total. The average molecular weight is 743 g/mol. The monoisotopic (exact) mass is 742 g/mol. The number of carbonyl (C=O) groups is 5. The molecule has 6 atom stereocenters. The number of nitrogens with one attached hydrogen (secondary N) is 1. The number of Topliss-reactive ketones (excluding diaryl/α,β-unsaturated/α-hetero) is 2. The summed E-state index contributed by atoms with van der Waals surface area (Å²) in [6, 6.07) is 18.1. The average Bonchev–Trinajstić information content (AvgIpc) is 3.14. The zero-order chi connectivity index (χ0) is 39.2. The summed E-state index contributed by atoms with van der Waals surface area (Å²) in [6.45, 7) is 1.07. The molecule has 0 heterocycles. The number of anilines is 1. The topological polar surface area (TPSA) is 249 Å². The van der Waals surface area contributed by atoms with E-state index < -0.39 is 99.1 Å². The molecular weight excluding hydrogens is 704 g/mol. The van der Waals surface area contributed by atoms with Crippen LogP contribution in [0.2, 0.25) is 0 Å². The molecule has 0 spiro atoms. The van der Waals surface area contributed by atoms with E-state index >= 15 is 0 Å². The molecule has 3 aliphatic rings. The zero-order valence-corrected chi connectivity index (χ0v) is 29.3. The van der Waals surface area contributed by atoms with Gasteiger partial charge in [-0.15, -0.1) is 0 Å². The second kappa shape index (κ2) is 14.3. The molecule has 0 radical (unpaired) electrons. The lowest BCUT2D eigenvalue weighted by atomic mass is 9.54. The van der Waals surface area contributed by atoms with Gasteiger partial charge in [0.2, 0.25) is 5.78 Å². The minimum Gasteiger partial charge on any atom is -0.508 e. The van der Waals surface area contributed by atoms with Crippen LogP contribution in [0, 0.1) is 11.8 Å². The highest BCUT2D eigenvalue weighted by atomic mass is 16.6. The van der Waals surface area contributed by atoms with Gasteiger partial charge < -0.3 is 40.7 Å². The number of aliphatic hydroxyl groups excluding tert-OH is 3. The van der Waals surface area contributed by atoms with E-state index in [0.717, 1.165) is 6.07 Å². The van der Waals surface area contributed by atoms with Crippen LogP contribution in [-0.2, 0) is 37.1 Å². The molecule has 54 heavy (non-hydrogen) atoms. The van der Waals surface area contributed by atoms with Crippen LogP contribution in [0.4, 0.5) is 15.3 Å². The van der Waals surface area contributed by atoms with Crippen molar-refractivity contribution in [2.75, 3.05) is 19.1 Å². The molecule has 0 aromatic heterocycles. The minimum absolute atomic E-state index is 0.0558. The molecule has 0 aliphatic heterocycles. The summed E-state index contributed by atoms with van der Waals surface area (Å²) in [4.78, 5) is 68.5. The number of primary amides is 1. The quantitative estimate of drug-likeness (QED) is 0.136. The molecule has 1 saturated carbocycles. The Hall–Kier alpha value is -6.23. The van der Waals surface area contributed by atoms with E-state index in [-0.39, 0.29) is 24.5 Å². The molecule has 6 rings (SSSR count). The molecule has 1 fully saturated rings. The van der Waals surface area contributed by atoms with Crippen LogP contribution >= 0.6 is 0 Å². The smallest absolute Gasteiger partial charge is 0.433 e. The summed E-state index contributed by atoms with van der Waals surface area (Å²) in [5, 5.41) is 58.8. The number of likely N-dealkylation sites (N-methyl/N-ethyl adjacent to an activating group) is 1. The van der Waals surface area contributed by atoms with Gasteiger partial charge in [-0.05, 0) is 48.8 Å². The lowest BCUT2D eigenvalue weighted by Crippen LogP contribution is -2.70. The van der Waals surface area contributed by atoms with Gasteiger partial charge in [0.05, 0.1) is 29.3 Å². The van der Waals surface area contributed by atoms with Gasteiger partial charge >= 0.3 is 12.2 Å². The van der Waals surface area contributed by atoms with Gasteiger partial charge in [0.15, 0.2) is 11.4 Å². The maximum absolute atomic E-state index is 14.4. The fourth-order valence-corrected chi connectivity index (χ4v) is 7.70. The first-order valence-electron chi connectivity index (χ1n) is 16.8. The van der Waals surface area contributed by atoms with Gasteiger partial charge in [-0.3, -0.25) is 19.3 Å². The van der Waals surface area contributed by atoms with E-state index in [1.165, 1.54) is 32.0 Å². The SMILES string of the molecule is C[C@@H]1c2c(N(NC(=O)OCc3ccccc3)C(=O)OCc3ccccc3)ccc(O)c2C(O)=C2C(=O)[C@@]3(O)C(O)=C(C(N)=O)C(=O)[C@@H](N(C)C)[C@@H]3[C@H](O)[C@H]21. The van der Waals surface area contributed by atoms with Crippen molar-refractivity contribution in [3.63, 3.8) is 0 Å². The number of amides is 3. The third-order valence-electron chi connectivity index (χ3n) is 10.1. The maximum atomic E-state index is 14.4. The number of ether oxygens (including phenoxy) is 2. The standard InChI is InChI=1S/C38H38N4O12/c1-18-23-21(42(37(51)54-17-20-12-8-5-9-13-20)40-36(50)53-16-19-10-6-4-7-11-19)14-15-22(43)25(23)30(44)26-24(18)31(45)28-29(41(2)3)32(46)27(35(39)49)34(48)38(28,52)33(26)47/h4-15,18,24,28-29,31,43-45,48,52H,16-17H2,1-3H3,(H2,39,49)(H,40,50)/t18-,24+,28-,29+,31-,38-/m1/s1. The van der Waals surface area contributed by atoms with Crippen LogP contribution in [0.15, 0.2) is 89.7 Å². The van der Waals surface area contributed by atoms with E-state index in [9.17, 15) is 49.5 Å². The van der Waals surface area contributed by atoms with Gasteiger partial charge in [0, 0.05) is 11.5 Å². The van der Waals surface area contributed by atoms with Gasteiger partial charge in [-0.25, -0.2) is 15.0 Å². The number of aliphatic hydroxyl groups is 4. The van der Waals surface area contributed by atoms with Crippen molar-refractivity contribution in [3.8, 4) is 5.75 Å². The summed E-state index contributed by atoms with van der Waals surface area (Å²) in [6.07, 6.45) is -4.13. The van der Waals surface area contributed by atoms with E-state index in [4.69, 9.17) is 15.2 Å². The third kappa shape index (κ3) is 6.09. The lowest BCUT2D eigenvalue weighted by Gasteiger charge is -2.53. The number of ketones is 2. The van der Waals surface area contributed by atoms with Crippen molar-refractivity contribution in [3.05, 3.63) is 112 Å². The molecule has 3 aromatic carbocycles. The Kier molecular flexibility index (Phi) is 9.94. The summed E-state index contributed by atoms with van der Waals surface area (Å²) >= 11 is 0. The number of rotatable bonds is 7. The predicted molar refractivity (Wildman–Crippen MR) is 189 cm³/mol. The third-order valence-corrected chi connectivity index (χ3v) is 10.1. The molecule has 3 aromatic rings. The van der Waals surface area contributed by atoms with Crippen molar-refractivity contribution in [1.29, 1.82) is 0 Å². The number of aromatic hydroxyl groups is 1. The molecule has 0 saturated heterocycles.